The molecule has 0 spiro atoms. The van der Waals surface area contributed by atoms with Crippen molar-refractivity contribution in [2.24, 2.45) is 22.5 Å². The van der Waals surface area contributed by atoms with Gasteiger partial charge in [0.25, 0.3) is 0 Å². The quantitative estimate of drug-likeness (QED) is 0.0255. The van der Waals surface area contributed by atoms with Crippen molar-refractivity contribution in [1.82, 2.24) is 21.3 Å². The topological polar surface area (TPSA) is 418 Å². The summed E-state index contributed by atoms with van der Waals surface area (Å²) in [6.45, 7) is 13.3. The molecule has 3 aromatic carbocycles. The number of benzene rings is 3. The summed E-state index contributed by atoms with van der Waals surface area (Å²) < 4.78 is 51.6. The highest BCUT2D eigenvalue weighted by atomic mass is 16.7. The minimum absolute atomic E-state index is 0.00201. The number of aliphatic hydroxyl groups is 3. The maximum atomic E-state index is 15.4. The highest BCUT2D eigenvalue weighted by Crippen LogP contribution is 2.64. The molecule has 29 heteroatoms. The average Bonchev–Trinajstić information content (AvgIpc) is 0.671. The Morgan fingerprint density at radius 2 is 1.42 bits per heavy atom. The molecule has 2 unspecified atom stereocenters. The predicted molar refractivity (Wildman–Crippen MR) is 331 cm³/mol. The number of esters is 3. The van der Waals surface area contributed by atoms with Gasteiger partial charge < -0.3 is 90.3 Å². The van der Waals surface area contributed by atoms with Crippen LogP contribution in [-0.4, -0.2) is 186 Å². The van der Waals surface area contributed by atoms with E-state index in [1.165, 1.54) is 97.2 Å². The van der Waals surface area contributed by atoms with E-state index in [1.807, 2.05) is 0 Å². The second kappa shape index (κ2) is 30.3. The van der Waals surface area contributed by atoms with Gasteiger partial charge in [0.1, 0.15) is 73.0 Å². The summed E-state index contributed by atoms with van der Waals surface area (Å²) in [6.07, 6.45) is -15.0. The van der Waals surface area contributed by atoms with Gasteiger partial charge in [0, 0.05) is 38.0 Å². The number of hydrogen-bond acceptors (Lipinski definition) is 23. The summed E-state index contributed by atoms with van der Waals surface area (Å²) in [7, 11) is 1.46. The van der Waals surface area contributed by atoms with Crippen LogP contribution < -0.4 is 32.3 Å². The molecule has 0 aromatic heterocycles. The molecular weight excluding hydrogens is 1240 g/mol. The summed E-state index contributed by atoms with van der Waals surface area (Å²) in [6, 6.07) is 15.4. The van der Waals surface area contributed by atoms with Gasteiger partial charge in [0.05, 0.1) is 49.2 Å². The summed E-state index contributed by atoms with van der Waals surface area (Å²) in [5.41, 5.74) is -3.64. The number of ketones is 1. The Morgan fingerprint density at radius 1 is 0.800 bits per heavy atom. The molecule has 1 aliphatic heterocycles. The molecule has 1 saturated heterocycles. The van der Waals surface area contributed by atoms with Crippen LogP contribution in [0.1, 0.15) is 116 Å². The third kappa shape index (κ3) is 16.6. The minimum atomic E-state index is -2.54. The average molecular weight is 1330 g/mol. The normalized spacial score (nSPS) is 25.7. The summed E-state index contributed by atoms with van der Waals surface area (Å²) >= 11 is 0. The third-order valence-corrected chi connectivity index (χ3v) is 17.6. The van der Waals surface area contributed by atoms with Gasteiger partial charge in [-0.15, -0.1) is 0 Å². The first-order valence-electron chi connectivity index (χ1n) is 30.7. The predicted octanol–water partition coefficient (Wildman–Crippen LogP) is 2.59. The number of Topliss-reactive ketones (excluding diaryl/α,β-unsaturated/α-hetero) is 1. The highest BCUT2D eigenvalue weighted by molar-refractivity contribution is 6.01. The van der Waals surface area contributed by atoms with Gasteiger partial charge in [-0.3, -0.25) is 33.6 Å². The molecule has 516 valence electrons. The lowest BCUT2D eigenvalue weighted by Gasteiger charge is -2.67. The molecule has 1 heterocycles. The number of primary amides is 1. The zero-order valence-electron chi connectivity index (χ0n) is 54.7. The summed E-state index contributed by atoms with van der Waals surface area (Å²) in [5.74, 6) is -10.0. The number of carbonyl (C=O) groups is 11. The number of carbonyl (C=O) groups excluding carboxylic acids is 11. The van der Waals surface area contributed by atoms with E-state index in [2.05, 4.69) is 26.6 Å². The Labute approximate surface area is 548 Å². The summed E-state index contributed by atoms with van der Waals surface area (Å²) in [5, 5.41) is 50.9. The monoisotopic (exact) mass is 1330 g/mol. The lowest BCUT2D eigenvalue weighted by Crippen LogP contribution is -2.81. The maximum Gasteiger partial charge on any atom is 0.509 e. The number of aliphatic hydroxyl groups excluding tert-OH is 2. The van der Waals surface area contributed by atoms with Crippen molar-refractivity contribution in [3.63, 3.8) is 0 Å². The number of hydrogen-bond donors (Lipinski definition) is 9. The van der Waals surface area contributed by atoms with E-state index in [9.17, 15) is 58.5 Å². The molecule has 7 rings (SSSR count). The smallest absolute Gasteiger partial charge is 0.455 e. The number of nitrogens with two attached hydrogens (primary N) is 1. The van der Waals surface area contributed by atoms with E-state index >= 15 is 9.59 Å². The van der Waals surface area contributed by atoms with Crippen LogP contribution in [-0.2, 0) is 87.6 Å². The first-order valence-corrected chi connectivity index (χ1v) is 30.7. The van der Waals surface area contributed by atoms with Crippen LogP contribution in [0.2, 0.25) is 0 Å². The Kier molecular flexibility index (Phi) is 23.4. The van der Waals surface area contributed by atoms with E-state index < -0.39 is 179 Å². The van der Waals surface area contributed by atoms with Crippen molar-refractivity contribution in [3.8, 4) is 0 Å². The number of ether oxygens (including phenoxy) is 9. The first kappa shape index (κ1) is 73.5. The summed E-state index contributed by atoms with van der Waals surface area (Å²) in [4.78, 5) is 150. The van der Waals surface area contributed by atoms with Gasteiger partial charge >= 0.3 is 30.2 Å². The van der Waals surface area contributed by atoms with Crippen molar-refractivity contribution < 1.29 is 111 Å². The van der Waals surface area contributed by atoms with Gasteiger partial charge in [-0.05, 0) is 95.0 Å². The second-order valence-corrected chi connectivity index (χ2v) is 25.7. The molecule has 95 heavy (non-hydrogen) atoms. The Hall–Kier alpha value is -8.87. The lowest BCUT2D eigenvalue weighted by atomic mass is 9.44. The van der Waals surface area contributed by atoms with E-state index in [4.69, 9.17) is 48.4 Å². The first-order chi connectivity index (χ1) is 44.6. The maximum absolute atomic E-state index is 15.4. The van der Waals surface area contributed by atoms with E-state index in [-0.39, 0.29) is 66.4 Å². The molecule has 0 radical (unpaired) electrons. The number of anilines is 1. The molecule has 29 nitrogen and oxygen atoms in total. The molecule has 2 bridgehead atoms. The van der Waals surface area contributed by atoms with Crippen molar-refractivity contribution in [3.05, 3.63) is 113 Å². The lowest BCUT2D eigenvalue weighted by molar-refractivity contribution is -0.346. The Bertz CT molecular complexity index is 3400. The van der Waals surface area contributed by atoms with Gasteiger partial charge in [0.15, 0.2) is 11.4 Å². The van der Waals surface area contributed by atoms with E-state index in [1.54, 1.807) is 57.2 Å². The van der Waals surface area contributed by atoms with Gasteiger partial charge in [-0.1, -0.05) is 74.5 Å². The minimum Gasteiger partial charge on any atom is -0.455 e. The second-order valence-electron chi connectivity index (χ2n) is 25.7. The van der Waals surface area contributed by atoms with Crippen LogP contribution in [0.5, 0.6) is 0 Å². The molecule has 14 atom stereocenters. The van der Waals surface area contributed by atoms with Crippen LogP contribution in [0.15, 0.2) is 96.1 Å². The van der Waals surface area contributed by atoms with Crippen molar-refractivity contribution in [1.29, 1.82) is 0 Å². The van der Waals surface area contributed by atoms with Crippen LogP contribution in [0.25, 0.3) is 0 Å². The number of methoxy groups -OCH3 is 1. The zero-order valence-corrected chi connectivity index (χ0v) is 54.7. The largest absolute Gasteiger partial charge is 0.509 e. The molecule has 2 saturated carbocycles. The number of rotatable bonds is 25. The zero-order chi connectivity index (χ0) is 70.1. The van der Waals surface area contributed by atoms with Crippen LogP contribution in [0.3, 0.4) is 0 Å². The number of amides is 6. The molecule has 3 aromatic rings. The number of nitrogens with one attached hydrogen (secondary N) is 5. The van der Waals surface area contributed by atoms with Gasteiger partial charge in [0.2, 0.25) is 35.6 Å². The van der Waals surface area contributed by atoms with Gasteiger partial charge in [-0.25, -0.2) is 19.2 Å². The van der Waals surface area contributed by atoms with Crippen molar-refractivity contribution >= 4 is 71.2 Å². The molecule has 3 fully saturated rings. The SMILES string of the molecule is COCCOCC(=O)N[C@H](C)C(=O)N[C@H](C)C(=O)N[C@H](CC(N)=O)C(=O)Nc1ccc(COC(=O)O[C@@H](C(=O)O[C@H]2C[C@@]3(O)[C@@H](OC(=O)c4ccccc4)[C@H]4[C@](C)(C(=O)[C@H](O)C(=C2C)C3(C)C)[C@@H](O)CC2OC[C@]24OC(C)=O)C(NC(=O)OC(C)(C)C)c2ccccc2)cc1. The fourth-order valence-electron chi connectivity index (χ4n) is 12.6. The Morgan fingerprint density at radius 3 is 2.01 bits per heavy atom. The number of alkyl carbamates (subject to hydrolysis) is 1. The molecular formula is C66H84N6O23. The van der Waals surface area contributed by atoms with E-state index in [0.29, 0.717) is 0 Å². The van der Waals surface area contributed by atoms with Gasteiger partial charge in [-0.2, -0.15) is 0 Å². The highest BCUT2D eigenvalue weighted by Gasteiger charge is 2.78. The van der Waals surface area contributed by atoms with E-state index in [0.717, 1.165) is 6.92 Å². The molecule has 4 aliphatic rings. The van der Waals surface area contributed by atoms with Crippen LogP contribution in [0, 0.1) is 16.7 Å². The van der Waals surface area contributed by atoms with Crippen LogP contribution >= 0.6 is 0 Å². The van der Waals surface area contributed by atoms with Crippen molar-refractivity contribution in [2.45, 2.75) is 173 Å². The standard InChI is InChI=1S/C66H84N6O23/c1-34-43(30-66(86)54(93-58(82)40-20-16-13-17-21-40)52-64(10,53(78)50(77)48(34)63(66,8)9)44(74)29-45-65(52,33-90-45)94-37(4)73)91-59(83)51(49(39-18-14-12-15-19-39)72-60(84)95-62(5,6)7)92-61(85)89-31-38-22-24-41(25-23-38)70-57(81)42(28-46(67)75)71-56(80)36(3)69-55(79)35(2)68-47(76)32-88-27-26-87-11/h12-25,35-36,42-45,49-52,54,74,77,86H,26-33H2,1-11H3,(H2,67,75)(H,68,76)(H,69,79)(H,70,81)(H,71,80)(H,72,84)/t35-,36-,42-,43+,44+,45?,49?,50-,51-,52+,54+,64-,65+,66-/m1/s1. The molecule has 3 aliphatic carbocycles. The van der Waals surface area contributed by atoms with Crippen LogP contribution in [0.4, 0.5) is 15.3 Å². The molecule has 10 N–H and O–H groups in total. The Balaban J connectivity index is 1.15. The molecule has 6 amide bonds. The fraction of sp³-hybridized carbons (Fsp3) is 0.530. The third-order valence-electron chi connectivity index (χ3n) is 17.6. The van der Waals surface area contributed by atoms with Crippen molar-refractivity contribution in [2.75, 3.05) is 38.9 Å². The fourth-order valence-corrected chi connectivity index (χ4v) is 12.6. The number of fused-ring (bicyclic) bond motifs is 5.